The smallest absolute Gasteiger partial charge is 0.303 e. The fraction of sp³-hybridized carbons (Fsp3) is 0.421. The maximum absolute atomic E-state index is 13.8. The van der Waals surface area contributed by atoms with Gasteiger partial charge >= 0.3 is 5.97 Å². The number of likely N-dealkylation sites (tertiary alicyclic amines) is 1. The molecule has 26 heavy (non-hydrogen) atoms. The number of carboxylic acids is 1. The topological polar surface area (TPSA) is 70.5 Å². The summed E-state index contributed by atoms with van der Waals surface area (Å²) in [7, 11) is 0. The van der Waals surface area contributed by atoms with Crippen LogP contribution in [0.1, 0.15) is 53.2 Å². The van der Waals surface area contributed by atoms with Gasteiger partial charge in [0.25, 0.3) is 5.91 Å². The zero-order valence-electron chi connectivity index (χ0n) is 14.4. The van der Waals surface area contributed by atoms with Crippen molar-refractivity contribution in [1.29, 1.82) is 0 Å². The molecule has 3 rings (SSSR count). The molecule has 0 spiro atoms. The van der Waals surface area contributed by atoms with E-state index in [1.54, 1.807) is 28.5 Å². The summed E-state index contributed by atoms with van der Waals surface area (Å²) in [4.78, 5) is 29.8. The average molecular weight is 376 g/mol. The van der Waals surface area contributed by atoms with Gasteiger partial charge in [-0.15, -0.1) is 11.3 Å². The van der Waals surface area contributed by atoms with Crippen LogP contribution < -0.4 is 0 Å². The quantitative estimate of drug-likeness (QED) is 0.834. The molecule has 1 N–H and O–H groups in total. The van der Waals surface area contributed by atoms with Crippen LogP contribution in [-0.2, 0) is 11.2 Å². The Hall–Kier alpha value is -2.28. The van der Waals surface area contributed by atoms with Crippen molar-refractivity contribution in [3.63, 3.8) is 0 Å². The van der Waals surface area contributed by atoms with Crippen molar-refractivity contribution in [1.82, 2.24) is 9.88 Å². The third-order valence-electron chi connectivity index (χ3n) is 4.65. The molecule has 0 radical (unpaired) electrons. The third-order valence-corrected chi connectivity index (χ3v) is 5.50. The van der Waals surface area contributed by atoms with E-state index in [0.717, 1.165) is 19.3 Å². The highest BCUT2D eigenvalue weighted by Gasteiger charge is 2.29. The first-order valence-corrected chi connectivity index (χ1v) is 9.63. The number of carbonyl (C=O) groups is 2. The predicted octanol–water partition coefficient (Wildman–Crippen LogP) is 3.73. The minimum atomic E-state index is -0.844. The first-order valence-electron chi connectivity index (χ1n) is 8.75. The number of benzene rings is 1. The first-order chi connectivity index (χ1) is 12.5. The SMILES string of the molecule is O=C(O)CC[C@H]1CCCCN1C(=O)c1csc(Cc2ccccc2F)n1. The number of aliphatic carboxylic acids is 1. The van der Waals surface area contributed by atoms with E-state index in [0.29, 0.717) is 35.7 Å². The van der Waals surface area contributed by atoms with E-state index >= 15 is 0 Å². The third kappa shape index (κ3) is 4.46. The van der Waals surface area contributed by atoms with Crippen LogP contribution in [0, 0.1) is 5.82 Å². The van der Waals surface area contributed by atoms with Gasteiger partial charge in [-0.1, -0.05) is 18.2 Å². The molecule has 0 unspecified atom stereocenters. The lowest BCUT2D eigenvalue weighted by Crippen LogP contribution is -2.44. The largest absolute Gasteiger partial charge is 0.481 e. The summed E-state index contributed by atoms with van der Waals surface area (Å²) in [6.07, 6.45) is 3.63. The van der Waals surface area contributed by atoms with Crippen LogP contribution in [0.3, 0.4) is 0 Å². The highest BCUT2D eigenvalue weighted by atomic mass is 32.1. The summed E-state index contributed by atoms with van der Waals surface area (Å²) >= 11 is 1.35. The molecule has 1 aliphatic heterocycles. The molecule has 1 amide bonds. The predicted molar refractivity (Wildman–Crippen MR) is 96.9 cm³/mol. The lowest BCUT2D eigenvalue weighted by Gasteiger charge is -2.35. The number of aromatic nitrogens is 1. The van der Waals surface area contributed by atoms with E-state index in [4.69, 9.17) is 5.11 Å². The van der Waals surface area contributed by atoms with Crippen molar-refractivity contribution in [2.24, 2.45) is 0 Å². The van der Waals surface area contributed by atoms with Gasteiger partial charge in [-0.05, 0) is 37.3 Å². The van der Waals surface area contributed by atoms with Crippen molar-refractivity contribution >= 4 is 23.2 Å². The summed E-state index contributed by atoms with van der Waals surface area (Å²) in [5.41, 5.74) is 0.918. The molecular weight excluding hydrogens is 355 g/mol. The minimum absolute atomic E-state index is 0.0518. The Morgan fingerprint density at radius 3 is 2.88 bits per heavy atom. The van der Waals surface area contributed by atoms with Crippen LogP contribution in [0.15, 0.2) is 29.6 Å². The molecule has 1 aromatic heterocycles. The van der Waals surface area contributed by atoms with Crippen molar-refractivity contribution in [3.8, 4) is 0 Å². The fourth-order valence-electron chi connectivity index (χ4n) is 3.30. The van der Waals surface area contributed by atoms with E-state index in [1.165, 1.54) is 17.4 Å². The van der Waals surface area contributed by atoms with Crippen LogP contribution in [-0.4, -0.2) is 39.5 Å². The van der Waals surface area contributed by atoms with Gasteiger partial charge in [-0.2, -0.15) is 0 Å². The number of hydrogen-bond donors (Lipinski definition) is 1. The van der Waals surface area contributed by atoms with Crippen LogP contribution in [0.25, 0.3) is 0 Å². The summed E-state index contributed by atoms with van der Waals surface area (Å²) in [6, 6.07) is 6.49. The number of amides is 1. The van der Waals surface area contributed by atoms with Crippen LogP contribution in [0.2, 0.25) is 0 Å². The number of rotatable bonds is 6. The Kier molecular flexibility index (Phi) is 5.98. The average Bonchev–Trinajstić information content (AvgIpc) is 3.10. The Bertz CT molecular complexity index is 793. The molecule has 2 aromatic rings. The molecule has 5 nitrogen and oxygen atoms in total. The van der Waals surface area contributed by atoms with Gasteiger partial charge in [0, 0.05) is 30.8 Å². The van der Waals surface area contributed by atoms with Gasteiger partial charge in [0.1, 0.15) is 11.5 Å². The maximum Gasteiger partial charge on any atom is 0.303 e. The number of piperidine rings is 1. The van der Waals surface area contributed by atoms with Crippen molar-refractivity contribution in [2.75, 3.05) is 6.54 Å². The number of carbonyl (C=O) groups excluding carboxylic acids is 1. The van der Waals surface area contributed by atoms with Gasteiger partial charge < -0.3 is 10.0 Å². The van der Waals surface area contributed by atoms with E-state index in [9.17, 15) is 14.0 Å². The van der Waals surface area contributed by atoms with Gasteiger partial charge in [0.05, 0.1) is 5.01 Å². The molecule has 0 saturated carbocycles. The second kappa shape index (κ2) is 8.40. The van der Waals surface area contributed by atoms with Crippen molar-refractivity contribution < 1.29 is 19.1 Å². The van der Waals surface area contributed by atoms with E-state index in [-0.39, 0.29) is 24.2 Å². The number of halogens is 1. The number of nitrogens with zero attached hydrogens (tertiary/aromatic N) is 2. The molecule has 1 saturated heterocycles. The van der Waals surface area contributed by atoms with Crippen molar-refractivity contribution in [2.45, 2.75) is 44.6 Å². The molecule has 0 aliphatic carbocycles. The van der Waals surface area contributed by atoms with Crippen LogP contribution >= 0.6 is 11.3 Å². The zero-order chi connectivity index (χ0) is 18.5. The maximum atomic E-state index is 13.8. The highest BCUT2D eigenvalue weighted by Crippen LogP contribution is 2.24. The van der Waals surface area contributed by atoms with Gasteiger partial charge in [-0.3, -0.25) is 9.59 Å². The highest BCUT2D eigenvalue weighted by molar-refractivity contribution is 7.09. The zero-order valence-corrected chi connectivity index (χ0v) is 15.2. The van der Waals surface area contributed by atoms with Crippen molar-refractivity contribution in [3.05, 3.63) is 51.7 Å². The minimum Gasteiger partial charge on any atom is -0.481 e. The number of thiazole rings is 1. The van der Waals surface area contributed by atoms with Gasteiger partial charge in [0.2, 0.25) is 0 Å². The lowest BCUT2D eigenvalue weighted by molar-refractivity contribution is -0.137. The Labute approximate surface area is 155 Å². The molecule has 0 bridgehead atoms. The molecule has 7 heteroatoms. The van der Waals surface area contributed by atoms with Gasteiger partial charge in [0.15, 0.2) is 0 Å². The Morgan fingerprint density at radius 2 is 2.12 bits per heavy atom. The molecule has 138 valence electrons. The summed E-state index contributed by atoms with van der Waals surface area (Å²) in [6.45, 7) is 0.628. The number of hydrogen-bond acceptors (Lipinski definition) is 4. The lowest BCUT2D eigenvalue weighted by atomic mass is 9.97. The summed E-state index contributed by atoms with van der Waals surface area (Å²) in [5.74, 6) is -1.28. The summed E-state index contributed by atoms with van der Waals surface area (Å²) < 4.78 is 13.8. The molecule has 1 atom stereocenters. The summed E-state index contributed by atoms with van der Waals surface area (Å²) in [5, 5.41) is 11.3. The first kappa shape index (κ1) is 18.5. The van der Waals surface area contributed by atoms with E-state index in [2.05, 4.69) is 4.98 Å². The normalized spacial score (nSPS) is 17.3. The molecule has 2 heterocycles. The van der Waals surface area contributed by atoms with Gasteiger partial charge in [-0.25, -0.2) is 9.37 Å². The number of carboxylic acid groups (broad SMARTS) is 1. The molecule has 1 fully saturated rings. The molecule has 1 aliphatic rings. The van der Waals surface area contributed by atoms with E-state index < -0.39 is 5.97 Å². The van der Waals surface area contributed by atoms with Crippen LogP contribution in [0.5, 0.6) is 0 Å². The second-order valence-electron chi connectivity index (χ2n) is 6.48. The monoisotopic (exact) mass is 376 g/mol. The Balaban J connectivity index is 1.70. The standard InChI is InChI=1S/C19H21FN2O3S/c20-15-7-2-1-5-13(15)11-17-21-16(12-26-17)19(25)22-10-4-3-6-14(22)8-9-18(23)24/h1-2,5,7,12,14H,3-4,6,8-11H2,(H,23,24)/t14-/m1/s1. The fourth-order valence-corrected chi connectivity index (χ4v) is 4.09. The Morgan fingerprint density at radius 1 is 1.31 bits per heavy atom. The van der Waals surface area contributed by atoms with E-state index in [1.807, 2.05) is 0 Å². The molecular formula is C19H21FN2O3S. The molecule has 1 aromatic carbocycles. The van der Waals surface area contributed by atoms with Crippen LogP contribution in [0.4, 0.5) is 4.39 Å². The second-order valence-corrected chi connectivity index (χ2v) is 7.42.